The summed E-state index contributed by atoms with van der Waals surface area (Å²) in [6.45, 7) is 0.241. The second-order valence-electron chi connectivity index (χ2n) is 3.04. The Labute approximate surface area is 87.8 Å². The summed E-state index contributed by atoms with van der Waals surface area (Å²) in [5, 5.41) is 8.36. The maximum absolute atomic E-state index is 11.3. The summed E-state index contributed by atoms with van der Waals surface area (Å²) in [6.07, 6.45) is -0.125. The van der Waals surface area contributed by atoms with Crippen molar-refractivity contribution in [2.45, 2.75) is 19.3 Å². The number of methoxy groups -OCH3 is 1. The quantitative estimate of drug-likeness (QED) is 0.627. The van der Waals surface area contributed by atoms with E-state index in [-0.39, 0.29) is 31.7 Å². The van der Waals surface area contributed by atoms with Crippen molar-refractivity contribution < 1.29 is 24.2 Å². The average Bonchev–Trinajstić information content (AvgIpc) is 2.21. The van der Waals surface area contributed by atoms with Gasteiger partial charge in [-0.2, -0.15) is 0 Å². The fraction of sp³-hybridized carbons (Fsp3) is 0.667. The van der Waals surface area contributed by atoms with Gasteiger partial charge in [0.05, 0.1) is 20.0 Å². The minimum absolute atomic E-state index is 0.0486. The largest absolute Gasteiger partial charge is 0.481 e. The van der Waals surface area contributed by atoms with Crippen LogP contribution in [0, 0.1) is 0 Å². The van der Waals surface area contributed by atoms with Gasteiger partial charge in [0, 0.05) is 20.0 Å². The van der Waals surface area contributed by atoms with Crippen LogP contribution in [0.2, 0.25) is 0 Å². The lowest BCUT2D eigenvalue weighted by atomic mass is 10.2. The topological polar surface area (TPSA) is 83.9 Å². The lowest BCUT2D eigenvalue weighted by molar-refractivity contribution is -0.143. The molecule has 0 bridgehead atoms. The van der Waals surface area contributed by atoms with Crippen LogP contribution in [0.5, 0.6) is 0 Å². The van der Waals surface area contributed by atoms with Gasteiger partial charge < -0.3 is 14.7 Å². The molecule has 0 unspecified atom stereocenters. The van der Waals surface area contributed by atoms with Gasteiger partial charge >= 0.3 is 11.9 Å². The zero-order valence-corrected chi connectivity index (χ0v) is 8.86. The fourth-order valence-electron chi connectivity index (χ4n) is 0.890. The molecule has 0 atom stereocenters. The summed E-state index contributed by atoms with van der Waals surface area (Å²) in [5.74, 6) is -1.70. The lowest BCUT2D eigenvalue weighted by Crippen LogP contribution is -2.29. The van der Waals surface area contributed by atoms with E-state index >= 15 is 0 Å². The van der Waals surface area contributed by atoms with Crippen LogP contribution in [0.4, 0.5) is 0 Å². The Morgan fingerprint density at radius 1 is 1.20 bits per heavy atom. The highest BCUT2D eigenvalue weighted by Crippen LogP contribution is 1.97. The first-order valence-corrected chi connectivity index (χ1v) is 4.50. The highest BCUT2D eigenvalue weighted by molar-refractivity contribution is 5.81. The predicted molar refractivity (Wildman–Crippen MR) is 51.1 cm³/mol. The van der Waals surface area contributed by atoms with Gasteiger partial charge in [-0.1, -0.05) is 0 Å². The van der Waals surface area contributed by atoms with Crippen molar-refractivity contribution in [3.8, 4) is 0 Å². The summed E-state index contributed by atoms with van der Waals surface area (Å²) in [7, 11) is 2.79. The van der Waals surface area contributed by atoms with Crippen LogP contribution in [0.1, 0.15) is 19.3 Å². The second kappa shape index (κ2) is 6.80. The first-order valence-electron chi connectivity index (χ1n) is 4.50. The molecule has 0 spiro atoms. The molecule has 6 nitrogen and oxygen atoms in total. The number of carbonyl (C=O) groups excluding carboxylic acids is 2. The number of rotatable bonds is 6. The monoisotopic (exact) mass is 217 g/mol. The van der Waals surface area contributed by atoms with Crippen molar-refractivity contribution in [1.82, 2.24) is 4.90 Å². The van der Waals surface area contributed by atoms with Gasteiger partial charge in [0.15, 0.2) is 0 Å². The van der Waals surface area contributed by atoms with Crippen LogP contribution in [0.25, 0.3) is 0 Å². The number of esters is 1. The van der Waals surface area contributed by atoms with Crippen molar-refractivity contribution >= 4 is 17.8 Å². The Bertz CT molecular complexity index is 251. The van der Waals surface area contributed by atoms with Crippen molar-refractivity contribution in [2.75, 3.05) is 20.7 Å². The third-order valence-electron chi connectivity index (χ3n) is 1.86. The molecule has 0 heterocycles. The second-order valence-corrected chi connectivity index (χ2v) is 3.04. The molecule has 0 aromatic heterocycles. The van der Waals surface area contributed by atoms with Gasteiger partial charge in [-0.05, 0) is 0 Å². The van der Waals surface area contributed by atoms with E-state index in [1.165, 1.54) is 19.1 Å². The van der Waals surface area contributed by atoms with Crippen LogP contribution in [-0.2, 0) is 19.1 Å². The van der Waals surface area contributed by atoms with Gasteiger partial charge in [0.25, 0.3) is 0 Å². The zero-order valence-electron chi connectivity index (χ0n) is 8.86. The van der Waals surface area contributed by atoms with Crippen LogP contribution < -0.4 is 0 Å². The number of carbonyl (C=O) groups is 3. The number of carboxylic acid groups (broad SMARTS) is 1. The maximum Gasteiger partial charge on any atom is 0.307 e. The third-order valence-corrected chi connectivity index (χ3v) is 1.86. The van der Waals surface area contributed by atoms with E-state index in [1.807, 2.05) is 0 Å². The van der Waals surface area contributed by atoms with Gasteiger partial charge in [-0.3, -0.25) is 14.4 Å². The summed E-state index contributed by atoms with van der Waals surface area (Å²) < 4.78 is 4.41. The van der Waals surface area contributed by atoms with E-state index in [2.05, 4.69) is 4.74 Å². The first kappa shape index (κ1) is 13.4. The number of aliphatic carboxylic acids is 1. The van der Waals surface area contributed by atoms with Crippen molar-refractivity contribution in [2.24, 2.45) is 0 Å². The number of hydrogen-bond acceptors (Lipinski definition) is 4. The Kier molecular flexibility index (Phi) is 6.08. The average molecular weight is 217 g/mol. The molecule has 0 aromatic carbocycles. The third kappa shape index (κ3) is 6.48. The zero-order chi connectivity index (χ0) is 11.8. The molecule has 1 amide bonds. The SMILES string of the molecule is COC(=O)CCN(C)C(=O)CCC(=O)O. The van der Waals surface area contributed by atoms with Crippen molar-refractivity contribution in [3.63, 3.8) is 0 Å². The van der Waals surface area contributed by atoms with E-state index in [1.54, 1.807) is 0 Å². The van der Waals surface area contributed by atoms with Gasteiger partial charge in [-0.15, -0.1) is 0 Å². The Hall–Kier alpha value is -1.59. The minimum atomic E-state index is -1.01. The molecular formula is C9H15NO5. The summed E-state index contributed by atoms with van der Waals surface area (Å²) in [5.41, 5.74) is 0. The van der Waals surface area contributed by atoms with E-state index in [0.717, 1.165) is 0 Å². The highest BCUT2D eigenvalue weighted by atomic mass is 16.5. The smallest absolute Gasteiger partial charge is 0.307 e. The molecule has 6 heteroatoms. The number of amides is 1. The molecule has 0 aliphatic carbocycles. The van der Waals surface area contributed by atoms with E-state index in [4.69, 9.17) is 5.11 Å². The summed E-state index contributed by atoms with van der Waals surface area (Å²) in [4.78, 5) is 33.5. The molecule has 0 saturated heterocycles. The summed E-state index contributed by atoms with van der Waals surface area (Å²) in [6, 6.07) is 0. The van der Waals surface area contributed by atoms with Crippen LogP contribution >= 0.6 is 0 Å². The van der Waals surface area contributed by atoms with Gasteiger partial charge in [-0.25, -0.2) is 0 Å². The number of hydrogen-bond donors (Lipinski definition) is 1. The van der Waals surface area contributed by atoms with Crippen molar-refractivity contribution in [3.05, 3.63) is 0 Å². The Morgan fingerprint density at radius 2 is 1.80 bits per heavy atom. The van der Waals surface area contributed by atoms with E-state index in [0.29, 0.717) is 0 Å². The van der Waals surface area contributed by atoms with E-state index < -0.39 is 11.9 Å². The molecular weight excluding hydrogens is 202 g/mol. The highest BCUT2D eigenvalue weighted by Gasteiger charge is 2.12. The first-order chi connectivity index (χ1) is 6.97. The molecule has 0 aliphatic heterocycles. The molecule has 0 saturated carbocycles. The molecule has 0 fully saturated rings. The van der Waals surface area contributed by atoms with E-state index in [9.17, 15) is 14.4 Å². The normalized spacial score (nSPS) is 9.47. The Balaban J connectivity index is 3.78. The van der Waals surface area contributed by atoms with Gasteiger partial charge in [0.1, 0.15) is 0 Å². The fourth-order valence-corrected chi connectivity index (χ4v) is 0.890. The molecule has 86 valence electrons. The standard InChI is InChI=1S/C9H15NO5/c1-10(6-5-9(14)15-2)7(11)3-4-8(12)13/h3-6H2,1-2H3,(H,12,13). The molecule has 15 heavy (non-hydrogen) atoms. The predicted octanol–water partition coefficient (Wildman–Crippen LogP) is -0.127. The van der Waals surface area contributed by atoms with Crippen molar-refractivity contribution in [1.29, 1.82) is 0 Å². The molecule has 0 radical (unpaired) electrons. The molecule has 0 aliphatic rings. The molecule has 0 aromatic rings. The Morgan fingerprint density at radius 3 is 2.27 bits per heavy atom. The van der Waals surface area contributed by atoms with Crippen LogP contribution in [0.3, 0.4) is 0 Å². The maximum atomic E-state index is 11.3. The van der Waals surface area contributed by atoms with Gasteiger partial charge in [0.2, 0.25) is 5.91 Å². The minimum Gasteiger partial charge on any atom is -0.481 e. The molecule has 0 rings (SSSR count). The lowest BCUT2D eigenvalue weighted by Gasteiger charge is -2.15. The van der Waals surface area contributed by atoms with Crippen LogP contribution in [0.15, 0.2) is 0 Å². The summed E-state index contributed by atoms with van der Waals surface area (Å²) >= 11 is 0. The number of carboxylic acids is 1. The van der Waals surface area contributed by atoms with Crippen LogP contribution in [-0.4, -0.2) is 48.6 Å². The molecule has 1 N–H and O–H groups in total. The number of ether oxygens (including phenoxy) is 1. The number of nitrogens with zero attached hydrogens (tertiary/aromatic N) is 1.